The quantitative estimate of drug-likeness (QED) is 0.674. The van der Waals surface area contributed by atoms with Gasteiger partial charge in [0, 0.05) is 17.8 Å². The molecular weight excluding hydrogens is 302 g/mol. The van der Waals surface area contributed by atoms with E-state index in [0.717, 1.165) is 17.1 Å². The minimum atomic E-state index is -0.337. The van der Waals surface area contributed by atoms with Crippen LogP contribution < -0.4 is 11.0 Å². The molecule has 0 saturated carbocycles. The van der Waals surface area contributed by atoms with Crippen molar-refractivity contribution in [1.29, 1.82) is 0 Å². The highest BCUT2D eigenvalue weighted by Gasteiger charge is 2.10. The highest BCUT2D eigenvalue weighted by atomic mass is 32.1. The maximum atomic E-state index is 12.1. The topological polar surface area (TPSA) is 104 Å². The molecule has 1 amide bonds. The minimum Gasteiger partial charge on any atom is -0.350 e. The number of aromatic nitrogens is 4. The Labute approximate surface area is 129 Å². The fourth-order valence-corrected chi connectivity index (χ4v) is 3.17. The Balaban J connectivity index is 1.65. The van der Waals surface area contributed by atoms with E-state index in [1.807, 2.05) is 13.8 Å². The third kappa shape index (κ3) is 2.91. The molecule has 0 aliphatic carbocycles. The first kappa shape index (κ1) is 14.5. The van der Waals surface area contributed by atoms with Gasteiger partial charge in [0.1, 0.15) is 5.69 Å². The number of carbonyl (C=O) groups excluding carboxylic acids is 1. The van der Waals surface area contributed by atoms with Gasteiger partial charge < -0.3 is 10.3 Å². The Kier molecular flexibility index (Phi) is 3.76. The number of H-pyrrole nitrogens is 2. The second kappa shape index (κ2) is 5.72. The highest BCUT2D eigenvalue weighted by molar-refractivity contribution is 7.11. The van der Waals surface area contributed by atoms with Crippen LogP contribution in [0, 0.1) is 13.8 Å². The van der Waals surface area contributed by atoms with E-state index in [1.54, 1.807) is 23.5 Å². The molecule has 3 heterocycles. The summed E-state index contributed by atoms with van der Waals surface area (Å²) >= 11 is 1.64. The zero-order chi connectivity index (χ0) is 15.7. The Morgan fingerprint density at radius 3 is 2.82 bits per heavy atom. The normalized spacial score (nSPS) is 11.0. The lowest BCUT2D eigenvalue weighted by Gasteiger charge is -2.04. The molecule has 22 heavy (non-hydrogen) atoms. The van der Waals surface area contributed by atoms with Crippen molar-refractivity contribution in [2.24, 2.45) is 0 Å². The number of fused-ring (bicyclic) bond motifs is 1. The van der Waals surface area contributed by atoms with Gasteiger partial charge in [0.15, 0.2) is 5.65 Å². The molecule has 7 nitrogen and oxygen atoms in total. The Morgan fingerprint density at radius 1 is 1.27 bits per heavy atom. The fraction of sp³-hybridized carbons (Fsp3) is 0.286. The molecule has 0 radical (unpaired) electrons. The van der Waals surface area contributed by atoms with Gasteiger partial charge in [-0.3, -0.25) is 9.78 Å². The first-order chi connectivity index (χ1) is 10.5. The molecule has 3 rings (SSSR count). The molecule has 0 atom stereocenters. The van der Waals surface area contributed by atoms with Crippen molar-refractivity contribution < 1.29 is 4.79 Å². The molecule has 0 bridgehead atoms. The van der Waals surface area contributed by atoms with Crippen molar-refractivity contribution >= 4 is 28.4 Å². The summed E-state index contributed by atoms with van der Waals surface area (Å²) in [6, 6.07) is 3.25. The van der Waals surface area contributed by atoms with Gasteiger partial charge >= 0.3 is 5.69 Å². The molecule has 3 aromatic heterocycles. The third-order valence-corrected chi connectivity index (χ3v) is 4.38. The van der Waals surface area contributed by atoms with E-state index in [9.17, 15) is 9.59 Å². The lowest BCUT2D eigenvalue weighted by Crippen LogP contribution is -2.26. The van der Waals surface area contributed by atoms with E-state index in [-0.39, 0.29) is 17.3 Å². The van der Waals surface area contributed by atoms with E-state index >= 15 is 0 Å². The van der Waals surface area contributed by atoms with E-state index in [4.69, 9.17) is 0 Å². The van der Waals surface area contributed by atoms with Gasteiger partial charge in [-0.2, -0.15) is 0 Å². The number of aromatic amines is 2. The van der Waals surface area contributed by atoms with Crippen LogP contribution in [0.15, 0.2) is 16.9 Å². The number of rotatable bonds is 4. The van der Waals surface area contributed by atoms with Gasteiger partial charge in [0.2, 0.25) is 0 Å². The van der Waals surface area contributed by atoms with Crippen molar-refractivity contribution in [2.75, 3.05) is 6.54 Å². The Hall–Kier alpha value is -2.48. The molecule has 0 aliphatic heterocycles. The number of amides is 1. The van der Waals surface area contributed by atoms with Gasteiger partial charge in [-0.1, -0.05) is 0 Å². The number of carbonyl (C=O) groups is 1. The van der Waals surface area contributed by atoms with E-state index in [0.29, 0.717) is 17.7 Å². The first-order valence-electron chi connectivity index (χ1n) is 6.83. The number of nitrogens with one attached hydrogen (secondary N) is 3. The fourth-order valence-electron chi connectivity index (χ4n) is 2.23. The summed E-state index contributed by atoms with van der Waals surface area (Å²) in [5, 5.41) is 3.86. The van der Waals surface area contributed by atoms with Crippen LogP contribution in [-0.4, -0.2) is 32.4 Å². The van der Waals surface area contributed by atoms with Gasteiger partial charge in [-0.15, -0.1) is 11.3 Å². The summed E-state index contributed by atoms with van der Waals surface area (Å²) in [5.41, 5.74) is 1.92. The summed E-state index contributed by atoms with van der Waals surface area (Å²) in [6.45, 7) is 4.46. The molecule has 0 fully saturated rings. The van der Waals surface area contributed by atoms with Crippen molar-refractivity contribution in [3.63, 3.8) is 0 Å². The second-order valence-electron chi connectivity index (χ2n) is 4.92. The summed E-state index contributed by atoms with van der Waals surface area (Å²) in [4.78, 5) is 38.1. The van der Waals surface area contributed by atoms with Crippen molar-refractivity contribution in [2.45, 2.75) is 20.3 Å². The number of imidazole rings is 1. The predicted octanol–water partition coefficient (Wildman–Crippen LogP) is 1.30. The molecule has 114 valence electrons. The number of aryl methyl sites for hydroxylation is 2. The third-order valence-electron chi connectivity index (χ3n) is 3.25. The molecule has 8 heteroatoms. The van der Waals surface area contributed by atoms with Crippen LogP contribution in [0.3, 0.4) is 0 Å². The van der Waals surface area contributed by atoms with Crippen molar-refractivity contribution in [3.8, 4) is 0 Å². The average molecular weight is 317 g/mol. The van der Waals surface area contributed by atoms with Gasteiger partial charge in [0.25, 0.3) is 5.91 Å². The molecular formula is C14H15N5O2S. The van der Waals surface area contributed by atoms with E-state index in [1.165, 1.54) is 4.88 Å². The number of nitrogens with zero attached hydrogens (tertiary/aromatic N) is 2. The molecule has 0 spiro atoms. The largest absolute Gasteiger partial charge is 0.350 e. The SMILES string of the molecule is Cc1nc(C)c(CCNC(=O)c2ccc3[nH]c(=O)[nH]c3n2)s1. The molecule has 3 N–H and O–H groups in total. The number of pyridine rings is 1. The van der Waals surface area contributed by atoms with Crippen molar-refractivity contribution in [1.82, 2.24) is 25.3 Å². The number of hydrogen-bond donors (Lipinski definition) is 3. The second-order valence-corrected chi connectivity index (χ2v) is 6.21. The highest BCUT2D eigenvalue weighted by Crippen LogP contribution is 2.17. The van der Waals surface area contributed by atoms with Crippen LogP contribution >= 0.6 is 11.3 Å². The van der Waals surface area contributed by atoms with Crippen LogP contribution in [-0.2, 0) is 6.42 Å². The number of thiazole rings is 1. The smallest absolute Gasteiger partial charge is 0.325 e. The van der Waals surface area contributed by atoms with Gasteiger partial charge in [0.05, 0.1) is 16.2 Å². The molecule has 0 aliphatic rings. The summed E-state index contributed by atoms with van der Waals surface area (Å²) in [5.74, 6) is -0.261. The van der Waals surface area contributed by atoms with Crippen LogP contribution in [0.2, 0.25) is 0 Å². The Bertz CT molecular complexity index is 892. The average Bonchev–Trinajstić information content (AvgIpc) is 2.99. The van der Waals surface area contributed by atoms with Gasteiger partial charge in [-0.05, 0) is 26.0 Å². The molecule has 3 aromatic rings. The van der Waals surface area contributed by atoms with Gasteiger partial charge in [-0.25, -0.2) is 14.8 Å². The van der Waals surface area contributed by atoms with Crippen LogP contribution in [0.5, 0.6) is 0 Å². The predicted molar refractivity (Wildman–Crippen MR) is 84.3 cm³/mol. The molecule has 0 saturated heterocycles. The first-order valence-corrected chi connectivity index (χ1v) is 7.65. The molecule has 0 aromatic carbocycles. The monoisotopic (exact) mass is 317 g/mol. The lowest BCUT2D eigenvalue weighted by molar-refractivity contribution is 0.0949. The standard InChI is InChI=1S/C14H15N5O2S/c1-7-11(22-8(2)16-7)5-6-15-13(20)10-4-3-9-12(17-10)19-14(21)18-9/h3-4H,5-6H2,1-2H3,(H,15,20)(H2,17,18,19,21). The Morgan fingerprint density at radius 2 is 2.09 bits per heavy atom. The summed E-state index contributed by atoms with van der Waals surface area (Å²) < 4.78 is 0. The maximum absolute atomic E-state index is 12.1. The zero-order valence-electron chi connectivity index (χ0n) is 12.2. The van der Waals surface area contributed by atoms with Crippen LogP contribution in [0.1, 0.15) is 26.1 Å². The number of hydrogen-bond acceptors (Lipinski definition) is 5. The maximum Gasteiger partial charge on any atom is 0.325 e. The van der Waals surface area contributed by atoms with Crippen LogP contribution in [0.25, 0.3) is 11.2 Å². The van der Waals surface area contributed by atoms with Crippen LogP contribution in [0.4, 0.5) is 0 Å². The van der Waals surface area contributed by atoms with E-state index in [2.05, 4.69) is 25.3 Å². The van der Waals surface area contributed by atoms with Crippen molar-refractivity contribution in [3.05, 3.63) is 43.9 Å². The zero-order valence-corrected chi connectivity index (χ0v) is 13.0. The molecule has 0 unspecified atom stereocenters. The summed E-state index contributed by atoms with van der Waals surface area (Å²) in [7, 11) is 0. The lowest BCUT2D eigenvalue weighted by atomic mass is 10.3. The minimum absolute atomic E-state index is 0.261. The van der Waals surface area contributed by atoms with E-state index < -0.39 is 0 Å². The summed E-state index contributed by atoms with van der Waals surface area (Å²) in [6.07, 6.45) is 0.742.